The van der Waals surface area contributed by atoms with Gasteiger partial charge >= 0.3 is 0 Å². The standard InChI is InChI=1S/C10H11BrFNOS/c1-13-10(14)6-15-5-7-2-3-8(11)9(12)4-7/h2-4H,5-6H2,1H3,(H,13,14). The lowest BCUT2D eigenvalue weighted by Gasteiger charge is -2.02. The highest BCUT2D eigenvalue weighted by Gasteiger charge is 2.02. The molecule has 0 unspecified atom stereocenters. The van der Waals surface area contributed by atoms with Crippen LogP contribution < -0.4 is 5.32 Å². The first-order valence-corrected chi connectivity index (χ1v) is 6.30. The zero-order valence-corrected chi connectivity index (χ0v) is 10.6. The van der Waals surface area contributed by atoms with Gasteiger partial charge in [0.15, 0.2) is 0 Å². The Morgan fingerprint density at radius 1 is 1.60 bits per heavy atom. The van der Waals surface area contributed by atoms with Gasteiger partial charge in [0.2, 0.25) is 5.91 Å². The van der Waals surface area contributed by atoms with Crippen molar-refractivity contribution in [3.63, 3.8) is 0 Å². The van der Waals surface area contributed by atoms with E-state index in [0.717, 1.165) is 5.56 Å². The fourth-order valence-corrected chi connectivity index (χ4v) is 2.06. The van der Waals surface area contributed by atoms with Gasteiger partial charge in [-0.15, -0.1) is 11.8 Å². The van der Waals surface area contributed by atoms with Crippen molar-refractivity contribution < 1.29 is 9.18 Å². The van der Waals surface area contributed by atoms with Crippen molar-refractivity contribution >= 4 is 33.6 Å². The van der Waals surface area contributed by atoms with E-state index in [9.17, 15) is 9.18 Å². The maximum Gasteiger partial charge on any atom is 0.229 e. The van der Waals surface area contributed by atoms with Gasteiger partial charge in [-0.2, -0.15) is 0 Å². The lowest BCUT2D eigenvalue weighted by molar-refractivity contribution is -0.118. The Balaban J connectivity index is 2.44. The Morgan fingerprint density at radius 2 is 2.33 bits per heavy atom. The van der Waals surface area contributed by atoms with Gasteiger partial charge in [0.1, 0.15) is 5.82 Å². The highest BCUT2D eigenvalue weighted by Crippen LogP contribution is 2.19. The summed E-state index contributed by atoms with van der Waals surface area (Å²) in [5.74, 6) is 0.747. The van der Waals surface area contributed by atoms with Crippen molar-refractivity contribution in [1.29, 1.82) is 0 Å². The molecule has 1 amide bonds. The third kappa shape index (κ3) is 4.22. The van der Waals surface area contributed by atoms with Crippen LogP contribution in [0.2, 0.25) is 0 Å². The molecule has 0 saturated heterocycles. The molecule has 0 spiro atoms. The smallest absolute Gasteiger partial charge is 0.229 e. The van der Waals surface area contributed by atoms with Crippen LogP contribution in [0, 0.1) is 5.82 Å². The summed E-state index contributed by atoms with van der Waals surface area (Å²) in [7, 11) is 1.60. The predicted molar refractivity (Wildman–Crippen MR) is 64.3 cm³/mol. The SMILES string of the molecule is CNC(=O)CSCc1ccc(Br)c(F)c1. The van der Waals surface area contributed by atoms with E-state index in [1.807, 2.05) is 6.07 Å². The third-order valence-electron chi connectivity index (χ3n) is 1.76. The average Bonchev–Trinajstić information content (AvgIpc) is 2.23. The molecule has 1 aromatic carbocycles. The first kappa shape index (κ1) is 12.5. The molecule has 15 heavy (non-hydrogen) atoms. The molecule has 0 aliphatic carbocycles. The summed E-state index contributed by atoms with van der Waals surface area (Å²) in [6.45, 7) is 0. The number of nitrogens with one attached hydrogen (secondary N) is 1. The van der Waals surface area contributed by atoms with Crippen LogP contribution in [-0.2, 0) is 10.5 Å². The summed E-state index contributed by atoms with van der Waals surface area (Å²) in [5, 5.41) is 2.53. The van der Waals surface area contributed by atoms with E-state index in [2.05, 4.69) is 21.2 Å². The van der Waals surface area contributed by atoms with Crippen molar-refractivity contribution in [3.8, 4) is 0 Å². The summed E-state index contributed by atoms with van der Waals surface area (Å²) in [4.78, 5) is 10.9. The average molecular weight is 292 g/mol. The molecule has 0 aliphatic heterocycles. The van der Waals surface area contributed by atoms with E-state index >= 15 is 0 Å². The first-order valence-electron chi connectivity index (χ1n) is 4.35. The van der Waals surface area contributed by atoms with E-state index in [4.69, 9.17) is 0 Å². The largest absolute Gasteiger partial charge is 0.358 e. The van der Waals surface area contributed by atoms with E-state index in [1.165, 1.54) is 17.8 Å². The minimum atomic E-state index is -0.270. The Kier molecular flexibility index (Phi) is 5.11. The molecular weight excluding hydrogens is 281 g/mol. The number of hydrogen-bond donors (Lipinski definition) is 1. The molecule has 1 N–H and O–H groups in total. The van der Waals surface area contributed by atoms with Crippen LogP contribution in [0.3, 0.4) is 0 Å². The van der Waals surface area contributed by atoms with Crippen molar-refractivity contribution in [2.45, 2.75) is 5.75 Å². The van der Waals surface area contributed by atoms with Crippen LogP contribution in [-0.4, -0.2) is 18.7 Å². The molecule has 0 aromatic heterocycles. The number of benzene rings is 1. The second-order valence-corrected chi connectivity index (χ2v) is 4.75. The van der Waals surface area contributed by atoms with Gasteiger partial charge in [-0.05, 0) is 33.6 Å². The van der Waals surface area contributed by atoms with Crippen LogP contribution in [0.4, 0.5) is 4.39 Å². The molecule has 0 heterocycles. The molecule has 1 aromatic rings. The minimum Gasteiger partial charge on any atom is -0.358 e. The number of hydrogen-bond acceptors (Lipinski definition) is 2. The molecule has 0 aliphatic rings. The highest BCUT2D eigenvalue weighted by atomic mass is 79.9. The van der Waals surface area contributed by atoms with E-state index in [-0.39, 0.29) is 11.7 Å². The van der Waals surface area contributed by atoms with Crippen molar-refractivity contribution in [2.24, 2.45) is 0 Å². The van der Waals surface area contributed by atoms with Gasteiger partial charge in [0.05, 0.1) is 10.2 Å². The number of rotatable bonds is 4. The zero-order valence-electron chi connectivity index (χ0n) is 8.22. The summed E-state index contributed by atoms with van der Waals surface area (Å²) in [6, 6.07) is 4.98. The number of carbonyl (C=O) groups excluding carboxylic acids is 1. The fourth-order valence-electron chi connectivity index (χ4n) is 0.963. The summed E-state index contributed by atoms with van der Waals surface area (Å²) >= 11 is 4.55. The van der Waals surface area contributed by atoms with Crippen LogP contribution in [0.1, 0.15) is 5.56 Å². The van der Waals surface area contributed by atoms with Gasteiger partial charge in [0.25, 0.3) is 0 Å². The summed E-state index contributed by atoms with van der Waals surface area (Å²) in [5.41, 5.74) is 0.879. The topological polar surface area (TPSA) is 29.1 Å². The highest BCUT2D eigenvalue weighted by molar-refractivity contribution is 9.10. The molecule has 1 rings (SSSR count). The number of amides is 1. The molecule has 0 fully saturated rings. The Bertz CT molecular complexity index is 359. The monoisotopic (exact) mass is 291 g/mol. The van der Waals surface area contributed by atoms with Crippen LogP contribution >= 0.6 is 27.7 Å². The van der Waals surface area contributed by atoms with Gasteiger partial charge < -0.3 is 5.32 Å². The molecular formula is C10H11BrFNOS. The first-order chi connectivity index (χ1) is 7.13. The molecule has 0 saturated carbocycles. The number of carbonyl (C=O) groups is 1. The lowest BCUT2D eigenvalue weighted by Crippen LogP contribution is -2.19. The van der Waals surface area contributed by atoms with Crippen molar-refractivity contribution in [2.75, 3.05) is 12.8 Å². The second kappa shape index (κ2) is 6.12. The second-order valence-electron chi connectivity index (χ2n) is 2.91. The minimum absolute atomic E-state index is 0.0161. The van der Waals surface area contributed by atoms with Gasteiger partial charge in [-0.1, -0.05) is 6.07 Å². The van der Waals surface area contributed by atoms with E-state index < -0.39 is 0 Å². The maximum absolute atomic E-state index is 13.1. The Hall–Kier alpha value is -0.550. The van der Waals surface area contributed by atoms with Gasteiger partial charge in [-0.25, -0.2) is 4.39 Å². The number of halogens is 2. The van der Waals surface area contributed by atoms with Crippen molar-refractivity contribution in [1.82, 2.24) is 5.32 Å². The molecule has 2 nitrogen and oxygen atoms in total. The molecule has 5 heteroatoms. The quantitative estimate of drug-likeness (QED) is 0.924. The number of thioether (sulfide) groups is 1. The van der Waals surface area contributed by atoms with Crippen LogP contribution in [0.25, 0.3) is 0 Å². The Morgan fingerprint density at radius 3 is 2.93 bits per heavy atom. The van der Waals surface area contributed by atoms with Crippen molar-refractivity contribution in [3.05, 3.63) is 34.1 Å². The fraction of sp³-hybridized carbons (Fsp3) is 0.300. The third-order valence-corrected chi connectivity index (χ3v) is 3.41. The molecule has 0 atom stereocenters. The molecule has 0 radical (unpaired) electrons. The summed E-state index contributed by atoms with van der Waals surface area (Å²) in [6.07, 6.45) is 0. The lowest BCUT2D eigenvalue weighted by atomic mass is 10.2. The van der Waals surface area contributed by atoms with Gasteiger partial charge in [0, 0.05) is 12.8 Å². The van der Waals surface area contributed by atoms with E-state index in [1.54, 1.807) is 13.1 Å². The van der Waals surface area contributed by atoms with E-state index in [0.29, 0.717) is 16.0 Å². The van der Waals surface area contributed by atoms with Crippen LogP contribution in [0.5, 0.6) is 0 Å². The molecule has 82 valence electrons. The Labute approximate surface area is 101 Å². The predicted octanol–water partition coefficient (Wildman–Crippen LogP) is 2.57. The molecule has 0 bridgehead atoms. The summed E-state index contributed by atoms with van der Waals surface area (Å²) < 4.78 is 13.6. The normalized spacial score (nSPS) is 10.1. The van der Waals surface area contributed by atoms with Gasteiger partial charge in [-0.3, -0.25) is 4.79 Å². The zero-order chi connectivity index (χ0) is 11.3. The van der Waals surface area contributed by atoms with Crippen LogP contribution in [0.15, 0.2) is 22.7 Å². The maximum atomic E-state index is 13.1.